The largest absolute Gasteiger partial charge is 0.355 e. The molecule has 0 spiro atoms. The molecule has 0 atom stereocenters. The third-order valence-corrected chi connectivity index (χ3v) is 4.43. The zero-order chi connectivity index (χ0) is 15.2. The maximum atomic E-state index is 14.4. The Labute approximate surface area is 123 Å². The average molecular weight is 288 g/mol. The molecule has 2 N–H and O–H groups in total. The molecule has 2 aromatic rings. The summed E-state index contributed by atoms with van der Waals surface area (Å²) in [6, 6.07) is 5.67. The molecule has 0 bridgehead atoms. The molecular weight excluding hydrogens is 267 g/mol. The van der Waals surface area contributed by atoms with Crippen LogP contribution in [0, 0.1) is 11.2 Å². The van der Waals surface area contributed by atoms with Crippen LogP contribution in [0.5, 0.6) is 0 Å². The second-order valence-electron chi connectivity index (χ2n) is 6.63. The van der Waals surface area contributed by atoms with E-state index in [0.29, 0.717) is 17.6 Å². The molecule has 0 radical (unpaired) electrons. The van der Waals surface area contributed by atoms with Crippen LogP contribution in [0.2, 0.25) is 0 Å². The first-order chi connectivity index (χ1) is 9.90. The normalized spacial score (nSPS) is 16.4. The molecule has 0 aliphatic heterocycles. The van der Waals surface area contributed by atoms with E-state index in [4.69, 9.17) is 0 Å². The summed E-state index contributed by atoms with van der Waals surface area (Å²) in [7, 11) is 0. The number of benzene rings is 1. The zero-order valence-corrected chi connectivity index (χ0v) is 12.7. The van der Waals surface area contributed by atoms with E-state index >= 15 is 0 Å². The van der Waals surface area contributed by atoms with Gasteiger partial charge in [-0.15, -0.1) is 0 Å². The van der Waals surface area contributed by atoms with E-state index in [1.165, 1.54) is 0 Å². The lowest BCUT2D eigenvalue weighted by atomic mass is 10.0. The second-order valence-corrected chi connectivity index (χ2v) is 6.63. The van der Waals surface area contributed by atoms with Gasteiger partial charge in [0.2, 0.25) is 5.91 Å². The number of nitrogens with one attached hydrogen (secondary N) is 2. The number of aromatic amines is 1. The van der Waals surface area contributed by atoms with E-state index in [-0.39, 0.29) is 23.1 Å². The number of aromatic nitrogens is 1. The van der Waals surface area contributed by atoms with Gasteiger partial charge in [0.25, 0.3) is 0 Å². The summed E-state index contributed by atoms with van der Waals surface area (Å²) >= 11 is 0. The van der Waals surface area contributed by atoms with Crippen molar-refractivity contribution < 1.29 is 9.18 Å². The Kier molecular flexibility index (Phi) is 3.27. The first-order valence-corrected chi connectivity index (χ1v) is 7.49. The minimum atomic E-state index is -0.186. The Morgan fingerprint density at radius 3 is 2.76 bits per heavy atom. The highest BCUT2D eigenvalue weighted by Gasteiger charge is 2.44. The summed E-state index contributed by atoms with van der Waals surface area (Å²) in [4.78, 5) is 15.0. The molecule has 1 aromatic heterocycles. The summed E-state index contributed by atoms with van der Waals surface area (Å²) in [6.07, 6.45) is 1.91. The monoisotopic (exact) mass is 288 g/mol. The van der Waals surface area contributed by atoms with Gasteiger partial charge >= 0.3 is 0 Å². The van der Waals surface area contributed by atoms with Gasteiger partial charge in [0.05, 0.1) is 12.1 Å². The van der Waals surface area contributed by atoms with Gasteiger partial charge in [-0.2, -0.15) is 0 Å². The molecular formula is C17H21FN2O. The third kappa shape index (κ3) is 2.55. The molecule has 1 aliphatic carbocycles. The van der Waals surface area contributed by atoms with E-state index in [0.717, 1.165) is 23.9 Å². The first-order valence-electron chi connectivity index (χ1n) is 7.49. The van der Waals surface area contributed by atoms with Crippen molar-refractivity contribution >= 4 is 16.8 Å². The van der Waals surface area contributed by atoms with Crippen molar-refractivity contribution in [3.05, 3.63) is 35.3 Å². The molecule has 1 heterocycles. The van der Waals surface area contributed by atoms with Gasteiger partial charge in [-0.3, -0.25) is 4.79 Å². The predicted octanol–water partition coefficient (Wildman–Crippen LogP) is 3.85. The van der Waals surface area contributed by atoms with Crippen LogP contribution in [-0.2, 0) is 11.3 Å². The lowest BCUT2D eigenvalue weighted by molar-refractivity contribution is -0.125. The van der Waals surface area contributed by atoms with E-state index in [9.17, 15) is 9.18 Å². The summed E-state index contributed by atoms with van der Waals surface area (Å²) < 4.78 is 14.4. The standard InChI is InChI=1S/C17H21FN2O/c1-10(2)13-5-4-11-8-12(20-15(11)14(13)18)9-19-16(21)17(3)6-7-17/h4-5,8,10,20H,6-7,9H2,1-3H3,(H,19,21). The van der Waals surface area contributed by atoms with Gasteiger partial charge in [0.1, 0.15) is 0 Å². The van der Waals surface area contributed by atoms with Gasteiger partial charge in [-0.05, 0) is 30.4 Å². The molecule has 1 saturated carbocycles. The summed E-state index contributed by atoms with van der Waals surface area (Å²) in [6.45, 7) is 6.34. The maximum absolute atomic E-state index is 14.4. The van der Waals surface area contributed by atoms with Crippen LogP contribution in [0.25, 0.3) is 10.9 Å². The molecule has 1 aromatic carbocycles. The number of H-pyrrole nitrogens is 1. The Hall–Kier alpha value is -1.84. The number of hydrogen-bond acceptors (Lipinski definition) is 1. The van der Waals surface area contributed by atoms with Gasteiger partial charge in [0, 0.05) is 16.5 Å². The molecule has 3 rings (SSSR count). The molecule has 112 valence electrons. The van der Waals surface area contributed by atoms with Crippen molar-refractivity contribution in [1.29, 1.82) is 0 Å². The van der Waals surface area contributed by atoms with E-state index in [1.54, 1.807) is 0 Å². The van der Waals surface area contributed by atoms with Gasteiger partial charge in [0.15, 0.2) is 5.82 Å². The van der Waals surface area contributed by atoms with Crippen molar-refractivity contribution in [3.8, 4) is 0 Å². The molecule has 21 heavy (non-hydrogen) atoms. The minimum Gasteiger partial charge on any atom is -0.355 e. The third-order valence-electron chi connectivity index (χ3n) is 4.43. The van der Waals surface area contributed by atoms with Crippen molar-refractivity contribution in [1.82, 2.24) is 10.3 Å². The number of halogens is 1. The number of carbonyl (C=O) groups is 1. The smallest absolute Gasteiger partial charge is 0.226 e. The van der Waals surface area contributed by atoms with Crippen LogP contribution >= 0.6 is 0 Å². The highest BCUT2D eigenvalue weighted by Crippen LogP contribution is 2.45. The van der Waals surface area contributed by atoms with Gasteiger partial charge in [-0.25, -0.2) is 4.39 Å². The lowest BCUT2D eigenvalue weighted by Crippen LogP contribution is -2.29. The summed E-state index contributed by atoms with van der Waals surface area (Å²) in [5, 5.41) is 3.77. The van der Waals surface area contributed by atoms with Crippen LogP contribution in [-0.4, -0.2) is 10.9 Å². The van der Waals surface area contributed by atoms with Gasteiger partial charge < -0.3 is 10.3 Å². The molecule has 1 amide bonds. The van der Waals surface area contributed by atoms with Crippen molar-refractivity contribution in [3.63, 3.8) is 0 Å². The molecule has 3 nitrogen and oxygen atoms in total. The summed E-state index contributed by atoms with van der Waals surface area (Å²) in [5.41, 5.74) is 1.90. The Morgan fingerprint density at radius 1 is 1.43 bits per heavy atom. The van der Waals surface area contributed by atoms with Crippen LogP contribution < -0.4 is 5.32 Å². The molecule has 0 unspecified atom stereocenters. The van der Waals surface area contributed by atoms with E-state index in [1.807, 2.05) is 39.0 Å². The lowest BCUT2D eigenvalue weighted by Gasteiger charge is -2.08. The molecule has 0 saturated heterocycles. The predicted molar refractivity (Wildman–Crippen MR) is 81.5 cm³/mol. The van der Waals surface area contributed by atoms with Crippen LogP contribution in [0.3, 0.4) is 0 Å². The molecule has 1 fully saturated rings. The average Bonchev–Trinajstić information content (AvgIpc) is 3.04. The fraction of sp³-hybridized carbons (Fsp3) is 0.471. The van der Waals surface area contributed by atoms with Crippen molar-refractivity contribution in [2.75, 3.05) is 0 Å². The number of amides is 1. The van der Waals surface area contributed by atoms with Crippen LogP contribution in [0.15, 0.2) is 18.2 Å². The zero-order valence-electron chi connectivity index (χ0n) is 12.7. The fourth-order valence-corrected chi connectivity index (χ4v) is 2.58. The van der Waals surface area contributed by atoms with Gasteiger partial charge in [-0.1, -0.05) is 32.9 Å². The maximum Gasteiger partial charge on any atom is 0.226 e. The SMILES string of the molecule is CC(C)c1ccc2cc(CNC(=O)C3(C)CC3)[nH]c2c1F. The van der Waals surface area contributed by atoms with Crippen molar-refractivity contribution in [2.45, 2.75) is 46.1 Å². The first kappa shape index (κ1) is 14.1. The highest BCUT2D eigenvalue weighted by molar-refractivity contribution is 5.85. The Bertz CT molecular complexity index is 698. The molecule has 1 aliphatic rings. The number of rotatable bonds is 4. The summed E-state index contributed by atoms with van der Waals surface area (Å²) in [5.74, 6) is 0.0504. The minimum absolute atomic E-state index is 0.0875. The topological polar surface area (TPSA) is 44.9 Å². The van der Waals surface area contributed by atoms with E-state index < -0.39 is 0 Å². The number of carbonyl (C=O) groups excluding carboxylic acids is 1. The molecule has 4 heteroatoms. The fourth-order valence-electron chi connectivity index (χ4n) is 2.58. The highest BCUT2D eigenvalue weighted by atomic mass is 19.1. The number of hydrogen-bond donors (Lipinski definition) is 2. The number of fused-ring (bicyclic) bond motifs is 1. The Balaban J connectivity index is 1.81. The van der Waals surface area contributed by atoms with Crippen LogP contribution in [0.4, 0.5) is 4.39 Å². The second kappa shape index (κ2) is 4.86. The van der Waals surface area contributed by atoms with Crippen LogP contribution in [0.1, 0.15) is 50.8 Å². The van der Waals surface area contributed by atoms with Crippen molar-refractivity contribution in [2.24, 2.45) is 5.41 Å². The Morgan fingerprint density at radius 2 is 2.14 bits per heavy atom. The van der Waals surface area contributed by atoms with E-state index in [2.05, 4.69) is 10.3 Å². The quantitative estimate of drug-likeness (QED) is 0.882.